The summed E-state index contributed by atoms with van der Waals surface area (Å²) < 4.78 is 6.77. The number of para-hydroxylation sites is 1. The van der Waals surface area contributed by atoms with E-state index in [0.717, 1.165) is 11.3 Å². The van der Waals surface area contributed by atoms with E-state index in [9.17, 15) is 9.59 Å². The van der Waals surface area contributed by atoms with Crippen LogP contribution in [0, 0.1) is 6.92 Å². The van der Waals surface area contributed by atoms with Crippen molar-refractivity contribution < 1.29 is 14.3 Å². The summed E-state index contributed by atoms with van der Waals surface area (Å²) in [6.45, 7) is 2.22. The van der Waals surface area contributed by atoms with Crippen LogP contribution in [-0.2, 0) is 6.54 Å². The molecule has 5 N–H and O–H groups in total. The number of methoxy groups -OCH3 is 1. The van der Waals surface area contributed by atoms with Gasteiger partial charge in [-0.2, -0.15) is 5.10 Å². The zero-order valence-corrected chi connectivity index (χ0v) is 21.5. The van der Waals surface area contributed by atoms with Crippen molar-refractivity contribution in [1.82, 2.24) is 9.78 Å². The third kappa shape index (κ3) is 6.14. The summed E-state index contributed by atoms with van der Waals surface area (Å²) in [6.07, 6.45) is 1.50. The Morgan fingerprint density at radius 2 is 1.70 bits per heavy atom. The van der Waals surface area contributed by atoms with Gasteiger partial charge in [-0.05, 0) is 54.4 Å². The predicted octanol–water partition coefficient (Wildman–Crippen LogP) is 6.03. The largest absolute Gasteiger partial charge is 0.497 e. The maximum Gasteiger partial charge on any atom is 0.323 e. The fraction of sp³-hybridized carbons (Fsp3) is 0.115. The summed E-state index contributed by atoms with van der Waals surface area (Å²) in [5.41, 5.74) is 9.35. The molecule has 0 saturated carbocycles. The van der Waals surface area contributed by atoms with Crippen LogP contribution in [0.2, 0.25) is 10.0 Å². The Morgan fingerprint density at radius 3 is 2.38 bits per heavy atom. The van der Waals surface area contributed by atoms with Crippen LogP contribution in [0.3, 0.4) is 0 Å². The number of aryl methyl sites for hydroxylation is 1. The lowest BCUT2D eigenvalue weighted by atomic mass is 10.1. The average Bonchev–Trinajstić information content (AvgIpc) is 3.21. The molecule has 0 bridgehead atoms. The van der Waals surface area contributed by atoms with Crippen LogP contribution >= 0.6 is 23.2 Å². The SMILES string of the molecule is COc1ccc(Cn2ncc(NC(=O)c3cc(NC(=O)Nc4c(Cl)cccc4Cl)ccc3C)c2N)cc1. The number of rotatable bonds is 7. The molecule has 0 unspecified atom stereocenters. The Balaban J connectivity index is 1.44. The number of halogens is 2. The summed E-state index contributed by atoms with van der Waals surface area (Å²) in [7, 11) is 1.61. The third-order valence-corrected chi connectivity index (χ3v) is 6.19. The topological polar surface area (TPSA) is 123 Å². The van der Waals surface area contributed by atoms with Crippen LogP contribution in [0.1, 0.15) is 21.5 Å². The first-order valence-electron chi connectivity index (χ1n) is 11.1. The van der Waals surface area contributed by atoms with Crippen molar-refractivity contribution in [2.75, 3.05) is 28.8 Å². The molecule has 0 aliphatic rings. The van der Waals surface area contributed by atoms with E-state index < -0.39 is 11.9 Å². The van der Waals surface area contributed by atoms with Crippen LogP contribution in [0.15, 0.2) is 66.9 Å². The molecular formula is C26H24Cl2N6O3. The molecule has 11 heteroatoms. The molecule has 190 valence electrons. The first-order valence-corrected chi connectivity index (χ1v) is 11.9. The normalized spacial score (nSPS) is 10.6. The zero-order chi connectivity index (χ0) is 26.5. The molecule has 3 amide bonds. The summed E-state index contributed by atoms with van der Waals surface area (Å²) >= 11 is 12.2. The number of aromatic nitrogens is 2. The average molecular weight is 539 g/mol. The van der Waals surface area contributed by atoms with E-state index in [4.69, 9.17) is 33.7 Å². The van der Waals surface area contributed by atoms with Gasteiger partial charge in [0.05, 0.1) is 35.6 Å². The van der Waals surface area contributed by atoms with Gasteiger partial charge in [-0.1, -0.05) is 47.5 Å². The number of nitrogen functional groups attached to an aromatic ring is 1. The van der Waals surface area contributed by atoms with Gasteiger partial charge in [-0.25, -0.2) is 9.48 Å². The number of amides is 3. The van der Waals surface area contributed by atoms with Crippen molar-refractivity contribution in [2.45, 2.75) is 13.5 Å². The van der Waals surface area contributed by atoms with E-state index >= 15 is 0 Å². The number of carbonyl (C=O) groups excluding carboxylic acids is 2. The molecule has 4 aromatic rings. The van der Waals surface area contributed by atoms with E-state index in [0.29, 0.717) is 44.9 Å². The first-order chi connectivity index (χ1) is 17.7. The second kappa shape index (κ2) is 11.2. The van der Waals surface area contributed by atoms with Crippen LogP contribution in [0.4, 0.5) is 27.7 Å². The van der Waals surface area contributed by atoms with E-state index in [2.05, 4.69) is 21.0 Å². The van der Waals surface area contributed by atoms with Gasteiger partial charge < -0.3 is 26.4 Å². The number of hydrogen-bond acceptors (Lipinski definition) is 5. The smallest absolute Gasteiger partial charge is 0.323 e. The highest BCUT2D eigenvalue weighted by Crippen LogP contribution is 2.30. The predicted molar refractivity (Wildman–Crippen MR) is 147 cm³/mol. The Kier molecular flexibility index (Phi) is 7.86. The minimum Gasteiger partial charge on any atom is -0.497 e. The number of nitrogens with two attached hydrogens (primary N) is 1. The number of urea groups is 1. The third-order valence-electron chi connectivity index (χ3n) is 5.56. The van der Waals surface area contributed by atoms with Crippen LogP contribution in [0.5, 0.6) is 5.75 Å². The van der Waals surface area contributed by atoms with Crippen molar-refractivity contribution >= 4 is 58.0 Å². The van der Waals surface area contributed by atoms with Gasteiger partial charge in [0.15, 0.2) is 0 Å². The van der Waals surface area contributed by atoms with Gasteiger partial charge in [0.25, 0.3) is 5.91 Å². The molecule has 4 rings (SSSR count). The lowest BCUT2D eigenvalue weighted by molar-refractivity contribution is 0.102. The van der Waals surface area contributed by atoms with Gasteiger partial charge >= 0.3 is 6.03 Å². The molecule has 0 fully saturated rings. The molecule has 37 heavy (non-hydrogen) atoms. The monoisotopic (exact) mass is 538 g/mol. The highest BCUT2D eigenvalue weighted by atomic mass is 35.5. The van der Waals surface area contributed by atoms with Gasteiger partial charge in [0.1, 0.15) is 17.3 Å². The minimum absolute atomic E-state index is 0.288. The summed E-state index contributed by atoms with van der Waals surface area (Å²) in [4.78, 5) is 25.6. The number of hydrogen-bond donors (Lipinski definition) is 4. The number of anilines is 4. The zero-order valence-electron chi connectivity index (χ0n) is 20.0. The summed E-state index contributed by atoms with van der Waals surface area (Å²) in [6, 6.07) is 16.8. The molecule has 0 saturated heterocycles. The molecule has 0 aliphatic heterocycles. The van der Waals surface area contributed by atoms with E-state index in [1.54, 1.807) is 55.1 Å². The van der Waals surface area contributed by atoms with Crippen molar-refractivity contribution in [2.24, 2.45) is 0 Å². The fourth-order valence-electron chi connectivity index (χ4n) is 3.55. The van der Waals surface area contributed by atoms with E-state index in [1.807, 2.05) is 24.3 Å². The molecule has 0 aliphatic carbocycles. The number of ether oxygens (including phenoxy) is 1. The number of nitrogens with one attached hydrogen (secondary N) is 3. The first kappa shape index (κ1) is 25.9. The molecular weight excluding hydrogens is 515 g/mol. The minimum atomic E-state index is -0.561. The molecule has 1 heterocycles. The van der Waals surface area contributed by atoms with E-state index in [1.165, 1.54) is 6.20 Å². The van der Waals surface area contributed by atoms with Gasteiger partial charge in [-0.15, -0.1) is 0 Å². The Morgan fingerprint density at radius 1 is 1.00 bits per heavy atom. The lowest BCUT2D eigenvalue weighted by Crippen LogP contribution is -2.21. The highest BCUT2D eigenvalue weighted by molar-refractivity contribution is 6.39. The summed E-state index contributed by atoms with van der Waals surface area (Å²) in [5.74, 6) is 0.667. The highest BCUT2D eigenvalue weighted by Gasteiger charge is 2.16. The second-order valence-corrected chi connectivity index (χ2v) is 8.92. The maximum absolute atomic E-state index is 13.1. The van der Waals surface area contributed by atoms with Crippen LogP contribution < -0.4 is 26.4 Å². The Bertz CT molecular complexity index is 1430. The lowest BCUT2D eigenvalue weighted by Gasteiger charge is -2.13. The number of nitrogens with zero attached hydrogens (tertiary/aromatic N) is 2. The molecule has 0 spiro atoms. The number of benzene rings is 3. The maximum atomic E-state index is 13.1. The second-order valence-electron chi connectivity index (χ2n) is 8.11. The van der Waals surface area contributed by atoms with Gasteiger partial charge in [-0.3, -0.25) is 4.79 Å². The van der Waals surface area contributed by atoms with Crippen molar-refractivity contribution in [3.8, 4) is 5.75 Å². The fourth-order valence-corrected chi connectivity index (χ4v) is 4.04. The van der Waals surface area contributed by atoms with E-state index in [-0.39, 0.29) is 5.69 Å². The van der Waals surface area contributed by atoms with Crippen molar-refractivity contribution in [3.05, 3.63) is 93.6 Å². The van der Waals surface area contributed by atoms with Gasteiger partial charge in [0, 0.05) is 11.3 Å². The summed E-state index contributed by atoms with van der Waals surface area (Å²) in [5, 5.41) is 13.0. The van der Waals surface area contributed by atoms with Gasteiger partial charge in [0.2, 0.25) is 0 Å². The Labute approximate surface area is 223 Å². The quantitative estimate of drug-likeness (QED) is 0.228. The molecule has 3 aromatic carbocycles. The molecule has 1 aromatic heterocycles. The van der Waals surface area contributed by atoms with Crippen molar-refractivity contribution in [1.29, 1.82) is 0 Å². The standard InChI is InChI=1S/C26H24Cl2N6O3/c1-15-6-9-17(31-26(36)33-23-20(27)4-3-5-21(23)28)12-19(15)25(35)32-22-13-30-34(24(22)29)14-16-7-10-18(37-2)11-8-16/h3-13H,14,29H2,1-2H3,(H,32,35)(H2,31,33,36). The molecule has 0 radical (unpaired) electrons. The number of carbonyl (C=O) groups is 2. The molecule has 0 atom stereocenters. The van der Waals surface area contributed by atoms with Crippen LogP contribution in [-0.4, -0.2) is 28.8 Å². The Hall–Kier alpha value is -4.21. The van der Waals surface area contributed by atoms with Crippen molar-refractivity contribution in [3.63, 3.8) is 0 Å². The van der Waals surface area contributed by atoms with Crippen LogP contribution in [0.25, 0.3) is 0 Å². The molecule has 9 nitrogen and oxygen atoms in total.